The first-order valence-corrected chi connectivity index (χ1v) is 6.90. The van der Waals surface area contributed by atoms with Crippen molar-refractivity contribution < 1.29 is 4.79 Å². The molecule has 4 heteroatoms. The Bertz CT molecular complexity index is 476. The molecular formula is C15H23N3O. The fraction of sp³-hybridized carbons (Fsp3) is 0.533. The summed E-state index contributed by atoms with van der Waals surface area (Å²) in [5.74, 6) is 0.120. The van der Waals surface area contributed by atoms with E-state index in [9.17, 15) is 4.79 Å². The van der Waals surface area contributed by atoms with Crippen molar-refractivity contribution in [2.24, 2.45) is 0 Å². The maximum Gasteiger partial charge on any atom is 0.246 e. The van der Waals surface area contributed by atoms with Gasteiger partial charge in [0.2, 0.25) is 5.91 Å². The van der Waals surface area contributed by atoms with Crippen molar-refractivity contribution in [3.05, 3.63) is 35.7 Å². The van der Waals surface area contributed by atoms with E-state index < -0.39 is 0 Å². The van der Waals surface area contributed by atoms with Gasteiger partial charge in [0.25, 0.3) is 0 Å². The Labute approximate surface area is 115 Å². The lowest BCUT2D eigenvalue weighted by molar-refractivity contribution is -0.127. The number of rotatable bonds is 4. The first-order valence-electron chi connectivity index (χ1n) is 6.90. The largest absolute Gasteiger partial charge is 0.345 e. The molecule has 0 atom stereocenters. The van der Waals surface area contributed by atoms with Crippen molar-refractivity contribution in [2.75, 3.05) is 26.7 Å². The van der Waals surface area contributed by atoms with Crippen LogP contribution in [0.2, 0.25) is 0 Å². The lowest BCUT2D eigenvalue weighted by atomic mass is 10.3. The number of carbonyl (C=O) groups excluding carboxylic acids is 1. The fourth-order valence-corrected chi connectivity index (χ4v) is 2.33. The standard InChI is InChI=1S/C15H23N3O/c1-4-16(3)9-5-6-15(19)17-10-11-18-13(2)7-8-14(18)12-17/h5-8H,4,9-12H2,1-3H3/b6-5+. The summed E-state index contributed by atoms with van der Waals surface area (Å²) in [4.78, 5) is 16.2. The molecule has 0 bridgehead atoms. The molecule has 4 nitrogen and oxygen atoms in total. The molecule has 104 valence electrons. The molecule has 1 aliphatic rings. The van der Waals surface area contributed by atoms with Crippen LogP contribution in [0.3, 0.4) is 0 Å². The van der Waals surface area contributed by atoms with Gasteiger partial charge in [0, 0.05) is 37.1 Å². The first kappa shape index (κ1) is 13.9. The molecule has 2 rings (SSSR count). The molecule has 0 saturated carbocycles. The lowest BCUT2D eigenvalue weighted by Gasteiger charge is -2.28. The van der Waals surface area contributed by atoms with Gasteiger partial charge in [-0.3, -0.25) is 4.79 Å². The SMILES string of the molecule is CCN(C)C/C=C/C(=O)N1CCn2c(C)ccc2C1. The van der Waals surface area contributed by atoms with Gasteiger partial charge in [-0.25, -0.2) is 0 Å². The minimum Gasteiger partial charge on any atom is -0.345 e. The summed E-state index contributed by atoms with van der Waals surface area (Å²) in [5.41, 5.74) is 2.51. The Balaban J connectivity index is 1.92. The highest BCUT2D eigenvalue weighted by Gasteiger charge is 2.19. The Hall–Kier alpha value is -1.55. The van der Waals surface area contributed by atoms with Crippen LogP contribution < -0.4 is 0 Å². The van der Waals surface area contributed by atoms with Crippen LogP contribution in [0.25, 0.3) is 0 Å². The van der Waals surface area contributed by atoms with Crippen LogP contribution in [0.4, 0.5) is 0 Å². The van der Waals surface area contributed by atoms with E-state index in [-0.39, 0.29) is 5.91 Å². The smallest absolute Gasteiger partial charge is 0.246 e. The van der Waals surface area contributed by atoms with Crippen molar-refractivity contribution in [3.63, 3.8) is 0 Å². The number of fused-ring (bicyclic) bond motifs is 1. The molecule has 1 aliphatic heterocycles. The number of hydrogen-bond donors (Lipinski definition) is 0. The minimum absolute atomic E-state index is 0.120. The molecule has 0 aliphatic carbocycles. The van der Waals surface area contributed by atoms with Crippen molar-refractivity contribution in [1.29, 1.82) is 0 Å². The summed E-state index contributed by atoms with van der Waals surface area (Å²) in [6.45, 7) is 8.47. The molecule has 0 aromatic carbocycles. The van der Waals surface area contributed by atoms with Gasteiger partial charge in [0.1, 0.15) is 0 Å². The number of hydrogen-bond acceptors (Lipinski definition) is 2. The quantitative estimate of drug-likeness (QED) is 0.771. The normalized spacial score (nSPS) is 15.3. The van der Waals surface area contributed by atoms with Gasteiger partial charge in [-0.05, 0) is 32.6 Å². The minimum atomic E-state index is 0.120. The number of aromatic nitrogens is 1. The van der Waals surface area contributed by atoms with E-state index in [4.69, 9.17) is 0 Å². The number of amides is 1. The Morgan fingerprint density at radius 1 is 1.42 bits per heavy atom. The van der Waals surface area contributed by atoms with Gasteiger partial charge in [0.05, 0.1) is 6.54 Å². The van der Waals surface area contributed by atoms with Gasteiger partial charge >= 0.3 is 0 Å². The molecule has 0 fully saturated rings. The molecule has 0 saturated heterocycles. The Kier molecular flexibility index (Phi) is 4.43. The van der Waals surface area contributed by atoms with E-state index in [0.29, 0.717) is 0 Å². The third kappa shape index (κ3) is 3.26. The first-order chi connectivity index (χ1) is 9.11. The second-order valence-corrected chi connectivity index (χ2v) is 5.13. The van der Waals surface area contributed by atoms with E-state index in [1.54, 1.807) is 6.08 Å². The molecule has 19 heavy (non-hydrogen) atoms. The van der Waals surface area contributed by atoms with E-state index in [1.807, 2.05) is 18.0 Å². The number of carbonyl (C=O) groups is 1. The number of nitrogens with zero attached hydrogens (tertiary/aromatic N) is 3. The molecule has 0 radical (unpaired) electrons. The van der Waals surface area contributed by atoms with Crippen LogP contribution in [0.1, 0.15) is 18.3 Å². The van der Waals surface area contributed by atoms with Crippen LogP contribution in [0, 0.1) is 6.92 Å². The predicted octanol–water partition coefficient (Wildman–Crippen LogP) is 1.65. The van der Waals surface area contributed by atoms with Crippen LogP contribution in [0.5, 0.6) is 0 Å². The van der Waals surface area contributed by atoms with Crippen molar-refractivity contribution in [3.8, 4) is 0 Å². The highest BCUT2D eigenvalue weighted by Crippen LogP contribution is 2.16. The lowest BCUT2D eigenvalue weighted by Crippen LogP contribution is -2.37. The third-order valence-corrected chi connectivity index (χ3v) is 3.76. The molecule has 1 aromatic rings. The average Bonchev–Trinajstić information content (AvgIpc) is 2.79. The van der Waals surface area contributed by atoms with Gasteiger partial charge in [-0.15, -0.1) is 0 Å². The van der Waals surface area contributed by atoms with Gasteiger partial charge < -0.3 is 14.4 Å². The number of likely N-dealkylation sites (N-methyl/N-ethyl adjacent to an activating group) is 1. The maximum absolute atomic E-state index is 12.1. The van der Waals surface area contributed by atoms with Gasteiger partial charge in [-0.1, -0.05) is 13.0 Å². The highest BCUT2D eigenvalue weighted by atomic mass is 16.2. The fourth-order valence-electron chi connectivity index (χ4n) is 2.33. The molecule has 1 amide bonds. The number of aryl methyl sites for hydroxylation is 1. The molecule has 2 heterocycles. The average molecular weight is 261 g/mol. The summed E-state index contributed by atoms with van der Waals surface area (Å²) in [6.07, 6.45) is 3.66. The van der Waals surface area contributed by atoms with Crippen molar-refractivity contribution in [1.82, 2.24) is 14.4 Å². The van der Waals surface area contributed by atoms with E-state index in [0.717, 1.165) is 32.7 Å². The molecular weight excluding hydrogens is 238 g/mol. The van der Waals surface area contributed by atoms with Gasteiger partial charge in [0.15, 0.2) is 0 Å². The van der Waals surface area contributed by atoms with Crippen molar-refractivity contribution in [2.45, 2.75) is 26.9 Å². The van der Waals surface area contributed by atoms with E-state index >= 15 is 0 Å². The Morgan fingerprint density at radius 3 is 2.95 bits per heavy atom. The molecule has 0 unspecified atom stereocenters. The summed E-state index contributed by atoms with van der Waals surface area (Å²) in [5, 5.41) is 0. The van der Waals surface area contributed by atoms with E-state index in [1.165, 1.54) is 11.4 Å². The summed E-state index contributed by atoms with van der Waals surface area (Å²) in [6, 6.07) is 4.23. The second-order valence-electron chi connectivity index (χ2n) is 5.13. The van der Waals surface area contributed by atoms with Crippen LogP contribution in [-0.2, 0) is 17.9 Å². The van der Waals surface area contributed by atoms with Crippen molar-refractivity contribution >= 4 is 5.91 Å². The van der Waals surface area contributed by atoms with Crippen LogP contribution >= 0.6 is 0 Å². The van der Waals surface area contributed by atoms with Gasteiger partial charge in [-0.2, -0.15) is 0 Å². The maximum atomic E-state index is 12.1. The monoisotopic (exact) mass is 261 g/mol. The van der Waals surface area contributed by atoms with Crippen LogP contribution in [-0.4, -0.2) is 47.0 Å². The van der Waals surface area contributed by atoms with Crippen LogP contribution in [0.15, 0.2) is 24.3 Å². The Morgan fingerprint density at radius 2 is 2.21 bits per heavy atom. The highest BCUT2D eigenvalue weighted by molar-refractivity contribution is 5.87. The summed E-state index contributed by atoms with van der Waals surface area (Å²) < 4.78 is 2.29. The summed E-state index contributed by atoms with van der Waals surface area (Å²) in [7, 11) is 2.05. The zero-order valence-electron chi connectivity index (χ0n) is 12.1. The second kappa shape index (κ2) is 6.06. The zero-order valence-corrected chi connectivity index (χ0v) is 12.1. The topological polar surface area (TPSA) is 28.5 Å². The summed E-state index contributed by atoms with van der Waals surface area (Å²) >= 11 is 0. The van der Waals surface area contributed by atoms with E-state index in [2.05, 4.69) is 35.4 Å². The zero-order chi connectivity index (χ0) is 13.8. The predicted molar refractivity (Wildman–Crippen MR) is 76.9 cm³/mol. The molecule has 0 spiro atoms. The third-order valence-electron chi connectivity index (χ3n) is 3.76. The molecule has 1 aromatic heterocycles. The molecule has 0 N–H and O–H groups in total.